The van der Waals surface area contributed by atoms with E-state index in [9.17, 15) is 4.79 Å². The number of carbonyl (C=O) groups is 1. The van der Waals surface area contributed by atoms with Crippen molar-refractivity contribution in [3.8, 4) is 11.1 Å². The SMILES string of the molecule is Cc1[nH]nc2ncc(-c3ccc(CNC(=O)C=CN(C)C)cc3)cc12. The van der Waals surface area contributed by atoms with Crippen LogP contribution in [0.25, 0.3) is 22.2 Å². The van der Waals surface area contributed by atoms with E-state index in [1.165, 1.54) is 6.08 Å². The largest absolute Gasteiger partial charge is 0.383 e. The molecule has 0 unspecified atom stereocenters. The molecule has 0 saturated carbocycles. The Labute approximate surface area is 146 Å². The van der Waals surface area contributed by atoms with Gasteiger partial charge in [-0.2, -0.15) is 5.10 Å². The Morgan fingerprint density at radius 3 is 2.72 bits per heavy atom. The lowest BCUT2D eigenvalue weighted by atomic mass is 10.0. The number of pyridine rings is 1. The van der Waals surface area contributed by atoms with Crippen molar-refractivity contribution in [2.45, 2.75) is 13.5 Å². The van der Waals surface area contributed by atoms with E-state index in [4.69, 9.17) is 0 Å². The standard InChI is InChI=1S/C19H21N5O/c1-13-17-10-16(12-21-19(17)23-22-13)15-6-4-14(5-7-15)11-20-18(25)8-9-24(2)3/h4-10,12H,11H2,1-3H3,(H,20,25)(H,21,22,23). The van der Waals surface area contributed by atoms with Gasteiger partial charge in [-0.1, -0.05) is 24.3 Å². The average Bonchev–Trinajstić information content (AvgIpc) is 2.99. The van der Waals surface area contributed by atoms with Crippen LogP contribution < -0.4 is 5.32 Å². The first kappa shape index (κ1) is 16.7. The molecule has 0 fully saturated rings. The monoisotopic (exact) mass is 335 g/mol. The van der Waals surface area contributed by atoms with E-state index in [0.29, 0.717) is 6.54 Å². The summed E-state index contributed by atoms with van der Waals surface area (Å²) in [7, 11) is 3.75. The van der Waals surface area contributed by atoms with Gasteiger partial charge in [-0.3, -0.25) is 9.89 Å². The molecule has 3 aromatic rings. The molecule has 0 spiro atoms. The molecule has 6 heteroatoms. The van der Waals surface area contributed by atoms with Crippen molar-refractivity contribution in [1.29, 1.82) is 0 Å². The topological polar surface area (TPSA) is 73.9 Å². The first-order chi connectivity index (χ1) is 12.0. The summed E-state index contributed by atoms with van der Waals surface area (Å²) in [4.78, 5) is 17.9. The van der Waals surface area contributed by atoms with Crippen molar-refractivity contribution in [3.05, 3.63) is 60.1 Å². The summed E-state index contributed by atoms with van der Waals surface area (Å²) in [6, 6.07) is 10.2. The molecule has 128 valence electrons. The Morgan fingerprint density at radius 2 is 2.00 bits per heavy atom. The number of amides is 1. The zero-order chi connectivity index (χ0) is 17.8. The molecule has 2 heterocycles. The zero-order valence-electron chi connectivity index (χ0n) is 14.6. The van der Waals surface area contributed by atoms with Gasteiger partial charge < -0.3 is 10.2 Å². The molecule has 3 rings (SSSR count). The van der Waals surface area contributed by atoms with Crippen LogP contribution in [0.5, 0.6) is 0 Å². The number of hydrogen-bond acceptors (Lipinski definition) is 4. The Bertz CT molecular complexity index is 909. The third-order valence-corrected chi connectivity index (χ3v) is 3.88. The molecular weight excluding hydrogens is 314 g/mol. The Hall–Kier alpha value is -3.15. The first-order valence-electron chi connectivity index (χ1n) is 8.05. The normalized spacial score (nSPS) is 11.2. The number of aromatic amines is 1. The predicted octanol–water partition coefficient (Wildman–Crippen LogP) is 2.62. The number of H-pyrrole nitrogens is 1. The maximum Gasteiger partial charge on any atom is 0.245 e. The fourth-order valence-corrected chi connectivity index (χ4v) is 2.46. The van der Waals surface area contributed by atoms with Crippen LogP contribution in [0.15, 0.2) is 48.8 Å². The number of aryl methyl sites for hydroxylation is 1. The van der Waals surface area contributed by atoms with Crippen molar-refractivity contribution in [2.24, 2.45) is 0 Å². The van der Waals surface area contributed by atoms with Gasteiger partial charge in [-0.05, 0) is 24.1 Å². The second-order valence-corrected chi connectivity index (χ2v) is 6.14. The molecule has 0 saturated heterocycles. The van der Waals surface area contributed by atoms with Crippen LogP contribution in [-0.4, -0.2) is 40.1 Å². The summed E-state index contributed by atoms with van der Waals surface area (Å²) in [6.07, 6.45) is 5.06. The molecule has 2 N–H and O–H groups in total. The van der Waals surface area contributed by atoms with Crippen LogP contribution in [0.4, 0.5) is 0 Å². The highest BCUT2D eigenvalue weighted by molar-refractivity contribution is 5.87. The van der Waals surface area contributed by atoms with Crippen LogP contribution in [0.3, 0.4) is 0 Å². The molecule has 6 nitrogen and oxygen atoms in total. The van der Waals surface area contributed by atoms with E-state index in [0.717, 1.165) is 33.4 Å². The fourth-order valence-electron chi connectivity index (χ4n) is 2.46. The highest BCUT2D eigenvalue weighted by Gasteiger charge is 2.06. The Balaban J connectivity index is 1.69. The molecule has 0 bridgehead atoms. The quantitative estimate of drug-likeness (QED) is 0.703. The molecule has 0 aliphatic carbocycles. The lowest BCUT2D eigenvalue weighted by Gasteiger charge is -2.06. The number of fused-ring (bicyclic) bond motifs is 1. The van der Waals surface area contributed by atoms with Crippen LogP contribution in [0, 0.1) is 6.92 Å². The highest BCUT2D eigenvalue weighted by Crippen LogP contribution is 2.23. The van der Waals surface area contributed by atoms with Gasteiger partial charge in [0.05, 0.1) is 0 Å². The first-order valence-corrected chi connectivity index (χ1v) is 8.05. The van der Waals surface area contributed by atoms with E-state index in [1.807, 2.05) is 56.4 Å². The number of aromatic nitrogens is 3. The van der Waals surface area contributed by atoms with Gasteiger partial charge in [0, 0.05) is 55.8 Å². The van der Waals surface area contributed by atoms with Crippen LogP contribution in [0.1, 0.15) is 11.3 Å². The number of nitrogens with zero attached hydrogens (tertiary/aromatic N) is 3. The second-order valence-electron chi connectivity index (χ2n) is 6.14. The van der Waals surface area contributed by atoms with E-state index < -0.39 is 0 Å². The number of nitrogens with one attached hydrogen (secondary N) is 2. The van der Waals surface area contributed by atoms with Crippen molar-refractivity contribution >= 4 is 16.9 Å². The van der Waals surface area contributed by atoms with Gasteiger partial charge >= 0.3 is 0 Å². The van der Waals surface area contributed by atoms with Gasteiger partial charge in [-0.15, -0.1) is 0 Å². The van der Waals surface area contributed by atoms with Gasteiger partial charge in [0.25, 0.3) is 0 Å². The van der Waals surface area contributed by atoms with Gasteiger partial charge in [-0.25, -0.2) is 4.98 Å². The van der Waals surface area contributed by atoms with Crippen molar-refractivity contribution < 1.29 is 4.79 Å². The smallest absolute Gasteiger partial charge is 0.245 e. The maximum atomic E-state index is 11.7. The van der Waals surface area contributed by atoms with Gasteiger partial charge in [0.15, 0.2) is 5.65 Å². The van der Waals surface area contributed by atoms with Crippen LogP contribution in [-0.2, 0) is 11.3 Å². The van der Waals surface area contributed by atoms with E-state index >= 15 is 0 Å². The third kappa shape index (κ3) is 4.03. The van der Waals surface area contributed by atoms with E-state index in [1.54, 1.807) is 6.20 Å². The number of benzene rings is 1. The highest BCUT2D eigenvalue weighted by atomic mass is 16.1. The molecule has 0 atom stereocenters. The van der Waals surface area contributed by atoms with E-state index in [2.05, 4.69) is 26.6 Å². The third-order valence-electron chi connectivity index (χ3n) is 3.88. The summed E-state index contributed by atoms with van der Waals surface area (Å²) in [5.41, 5.74) is 4.91. The van der Waals surface area contributed by atoms with Crippen LogP contribution >= 0.6 is 0 Å². The van der Waals surface area contributed by atoms with Crippen molar-refractivity contribution in [1.82, 2.24) is 25.4 Å². The summed E-state index contributed by atoms with van der Waals surface area (Å²) in [5.74, 6) is -0.108. The van der Waals surface area contributed by atoms with Gasteiger partial charge in [0.1, 0.15) is 0 Å². The minimum absolute atomic E-state index is 0.108. The molecule has 2 aromatic heterocycles. The molecule has 0 aliphatic rings. The number of carbonyl (C=O) groups excluding carboxylic acids is 1. The van der Waals surface area contributed by atoms with Gasteiger partial charge in [0.2, 0.25) is 5.91 Å². The Kier molecular flexibility index (Phi) is 4.79. The molecule has 25 heavy (non-hydrogen) atoms. The zero-order valence-corrected chi connectivity index (χ0v) is 14.6. The molecule has 1 amide bonds. The summed E-state index contributed by atoms with van der Waals surface area (Å²) in [6.45, 7) is 2.48. The van der Waals surface area contributed by atoms with Crippen LogP contribution in [0.2, 0.25) is 0 Å². The molecule has 1 aromatic carbocycles. The average molecular weight is 335 g/mol. The number of hydrogen-bond donors (Lipinski definition) is 2. The van der Waals surface area contributed by atoms with Crippen molar-refractivity contribution in [3.63, 3.8) is 0 Å². The fraction of sp³-hybridized carbons (Fsp3) is 0.211. The lowest BCUT2D eigenvalue weighted by molar-refractivity contribution is -0.116. The molecule has 0 aliphatic heterocycles. The molecule has 0 radical (unpaired) electrons. The number of rotatable bonds is 5. The Morgan fingerprint density at radius 1 is 1.24 bits per heavy atom. The molecular formula is C19H21N5O. The summed E-state index contributed by atoms with van der Waals surface area (Å²) >= 11 is 0. The maximum absolute atomic E-state index is 11.7. The summed E-state index contributed by atoms with van der Waals surface area (Å²) in [5, 5.41) is 11.0. The van der Waals surface area contributed by atoms with Crippen molar-refractivity contribution in [2.75, 3.05) is 14.1 Å². The summed E-state index contributed by atoms with van der Waals surface area (Å²) < 4.78 is 0. The second kappa shape index (κ2) is 7.17. The minimum Gasteiger partial charge on any atom is -0.383 e. The lowest BCUT2D eigenvalue weighted by Crippen LogP contribution is -2.20. The predicted molar refractivity (Wildman–Crippen MR) is 98.7 cm³/mol. The minimum atomic E-state index is -0.108. The van der Waals surface area contributed by atoms with E-state index in [-0.39, 0.29) is 5.91 Å².